The zero-order chi connectivity index (χ0) is 22.0. The van der Waals surface area contributed by atoms with E-state index in [0.717, 1.165) is 0 Å². The normalized spacial score (nSPS) is 17.9. The van der Waals surface area contributed by atoms with Crippen LogP contribution in [0, 0.1) is 11.9 Å². The van der Waals surface area contributed by atoms with Crippen LogP contribution in [0.25, 0.3) is 11.1 Å². The molecule has 0 fully saturated rings. The van der Waals surface area contributed by atoms with Gasteiger partial charge in [-0.05, 0) is 42.0 Å². The Morgan fingerprint density at radius 1 is 0.938 bits per heavy atom. The average Bonchev–Trinajstić information content (AvgIpc) is 3.08. The SMILES string of the molecule is NC1=N[C@@]2(c3cc(-c4cccnc4F)ccc3Oc3c2cc(Cl)nc3F)c2cnccc21. The molecule has 32 heavy (non-hydrogen) atoms. The molecule has 0 bridgehead atoms. The first-order valence-corrected chi connectivity index (χ1v) is 9.97. The molecule has 1 aromatic carbocycles. The lowest BCUT2D eigenvalue weighted by atomic mass is 9.75. The van der Waals surface area contributed by atoms with E-state index in [2.05, 4.69) is 15.0 Å². The summed E-state index contributed by atoms with van der Waals surface area (Å²) < 4.78 is 35.2. The zero-order valence-electron chi connectivity index (χ0n) is 16.2. The molecular formula is C23H12ClF2N5O. The molecule has 156 valence electrons. The number of ether oxygens (including phenoxy) is 1. The maximum Gasteiger partial charge on any atom is 0.257 e. The Morgan fingerprint density at radius 3 is 2.66 bits per heavy atom. The van der Waals surface area contributed by atoms with Crippen LogP contribution in [0.5, 0.6) is 11.5 Å². The van der Waals surface area contributed by atoms with Crippen molar-refractivity contribution >= 4 is 17.4 Å². The van der Waals surface area contributed by atoms with E-state index < -0.39 is 17.4 Å². The van der Waals surface area contributed by atoms with E-state index in [0.29, 0.717) is 39.1 Å². The van der Waals surface area contributed by atoms with Crippen molar-refractivity contribution in [1.29, 1.82) is 0 Å². The third kappa shape index (κ3) is 2.44. The van der Waals surface area contributed by atoms with Gasteiger partial charge in [-0.3, -0.25) is 4.98 Å². The van der Waals surface area contributed by atoms with E-state index in [1.807, 2.05) is 0 Å². The van der Waals surface area contributed by atoms with Gasteiger partial charge in [-0.15, -0.1) is 0 Å². The van der Waals surface area contributed by atoms with Gasteiger partial charge in [0.1, 0.15) is 22.3 Å². The fraction of sp³-hybridized carbons (Fsp3) is 0.0435. The van der Waals surface area contributed by atoms with Crippen LogP contribution in [-0.2, 0) is 5.54 Å². The van der Waals surface area contributed by atoms with Crippen LogP contribution in [0.1, 0.15) is 22.3 Å². The Hall–Kier alpha value is -3.91. The lowest BCUT2D eigenvalue weighted by molar-refractivity contribution is 0.385. The summed E-state index contributed by atoms with van der Waals surface area (Å²) in [5, 5.41) is -0.0618. The lowest BCUT2D eigenvalue weighted by Gasteiger charge is -2.35. The highest BCUT2D eigenvalue weighted by atomic mass is 35.5. The standard InChI is InChI=1S/C23H12ClF2N5O/c24-18-9-15-19(21(26)30-18)32-17-4-3-11(12-2-1-6-29-20(12)25)8-14(17)23(15)16-10-28-7-5-13(16)22(27)31-23/h1-10H,(H2,27,31)/t23-/m1/s1. The van der Waals surface area contributed by atoms with Gasteiger partial charge in [0, 0.05) is 46.4 Å². The number of nitrogens with two attached hydrogens (primary N) is 1. The van der Waals surface area contributed by atoms with Crippen LogP contribution < -0.4 is 10.5 Å². The number of pyridine rings is 3. The predicted octanol–water partition coefficient (Wildman–Crippen LogP) is 4.59. The van der Waals surface area contributed by atoms with Crippen molar-refractivity contribution in [3.05, 3.63) is 100 Å². The van der Waals surface area contributed by atoms with Gasteiger partial charge in [0.25, 0.3) is 5.95 Å². The van der Waals surface area contributed by atoms with E-state index in [1.54, 1.807) is 48.8 Å². The molecule has 2 N–H and O–H groups in total. The monoisotopic (exact) mass is 447 g/mol. The van der Waals surface area contributed by atoms with Crippen molar-refractivity contribution in [3.8, 4) is 22.6 Å². The predicted molar refractivity (Wildman–Crippen MR) is 114 cm³/mol. The summed E-state index contributed by atoms with van der Waals surface area (Å²) >= 11 is 6.12. The molecular weight excluding hydrogens is 436 g/mol. The van der Waals surface area contributed by atoms with Crippen LogP contribution in [0.15, 0.2) is 66.0 Å². The van der Waals surface area contributed by atoms with Crippen molar-refractivity contribution < 1.29 is 13.5 Å². The Kier molecular flexibility index (Phi) is 3.85. The second-order valence-corrected chi connectivity index (χ2v) is 7.78. The molecule has 3 aromatic heterocycles. The van der Waals surface area contributed by atoms with Gasteiger partial charge in [0.2, 0.25) is 5.95 Å². The average molecular weight is 448 g/mol. The lowest BCUT2D eigenvalue weighted by Crippen LogP contribution is -2.30. The minimum Gasteiger partial charge on any atom is -0.452 e. The van der Waals surface area contributed by atoms with Crippen molar-refractivity contribution in [3.63, 3.8) is 0 Å². The van der Waals surface area contributed by atoms with Crippen LogP contribution in [-0.4, -0.2) is 20.8 Å². The molecule has 4 aromatic rings. The summed E-state index contributed by atoms with van der Waals surface area (Å²) in [6.07, 6.45) is 4.60. The number of halogens is 3. The van der Waals surface area contributed by atoms with Gasteiger partial charge in [0.15, 0.2) is 5.75 Å². The highest BCUT2D eigenvalue weighted by Gasteiger charge is 2.50. The molecule has 6 nitrogen and oxygen atoms in total. The third-order valence-corrected chi connectivity index (χ3v) is 5.91. The van der Waals surface area contributed by atoms with E-state index in [-0.39, 0.29) is 16.7 Å². The topological polar surface area (TPSA) is 86.3 Å². The first kappa shape index (κ1) is 18.8. The minimum atomic E-state index is -1.29. The van der Waals surface area contributed by atoms with Crippen molar-refractivity contribution in [2.45, 2.75) is 5.54 Å². The molecule has 5 heterocycles. The maximum atomic E-state index is 14.9. The van der Waals surface area contributed by atoms with Gasteiger partial charge in [0.05, 0.1) is 0 Å². The molecule has 0 saturated carbocycles. The summed E-state index contributed by atoms with van der Waals surface area (Å²) in [4.78, 5) is 16.4. The fourth-order valence-corrected chi connectivity index (χ4v) is 4.57. The molecule has 0 saturated heterocycles. The Labute approximate surface area is 185 Å². The van der Waals surface area contributed by atoms with Crippen molar-refractivity contribution in [2.24, 2.45) is 10.7 Å². The summed E-state index contributed by atoms with van der Waals surface area (Å²) in [5.41, 5.74) is 8.01. The molecule has 0 unspecified atom stereocenters. The molecule has 9 heteroatoms. The third-order valence-electron chi connectivity index (χ3n) is 5.72. The van der Waals surface area contributed by atoms with Gasteiger partial charge < -0.3 is 10.5 Å². The number of rotatable bonds is 1. The largest absolute Gasteiger partial charge is 0.452 e. The number of fused-ring (bicyclic) bond motifs is 6. The molecule has 2 aliphatic heterocycles. The van der Waals surface area contributed by atoms with Gasteiger partial charge >= 0.3 is 0 Å². The number of amidine groups is 1. The van der Waals surface area contributed by atoms with Crippen LogP contribution >= 0.6 is 11.6 Å². The summed E-state index contributed by atoms with van der Waals surface area (Å²) in [6.45, 7) is 0. The molecule has 6 rings (SSSR count). The highest BCUT2D eigenvalue weighted by Crippen LogP contribution is 2.56. The van der Waals surface area contributed by atoms with Gasteiger partial charge in [-0.25, -0.2) is 15.0 Å². The second-order valence-electron chi connectivity index (χ2n) is 7.40. The smallest absolute Gasteiger partial charge is 0.257 e. The zero-order valence-corrected chi connectivity index (χ0v) is 16.9. The highest BCUT2D eigenvalue weighted by molar-refractivity contribution is 6.29. The van der Waals surface area contributed by atoms with Crippen LogP contribution in [0.4, 0.5) is 8.78 Å². The van der Waals surface area contributed by atoms with Gasteiger partial charge in [-0.2, -0.15) is 8.78 Å². The van der Waals surface area contributed by atoms with E-state index >= 15 is 0 Å². The Morgan fingerprint density at radius 2 is 1.81 bits per heavy atom. The molecule has 0 amide bonds. The summed E-state index contributed by atoms with van der Waals surface area (Å²) in [5.74, 6) is -0.996. The Balaban J connectivity index is 1.72. The molecule has 0 aliphatic carbocycles. The van der Waals surface area contributed by atoms with Crippen LogP contribution in [0.2, 0.25) is 5.15 Å². The fourth-order valence-electron chi connectivity index (χ4n) is 4.38. The van der Waals surface area contributed by atoms with E-state index in [9.17, 15) is 8.78 Å². The number of nitrogens with zero attached hydrogens (tertiary/aromatic N) is 4. The Bertz CT molecular complexity index is 1470. The minimum absolute atomic E-state index is 0.0618. The quantitative estimate of drug-likeness (QED) is 0.431. The summed E-state index contributed by atoms with van der Waals surface area (Å²) in [6, 6.07) is 11.5. The number of aromatic nitrogens is 3. The molecule has 0 radical (unpaired) electrons. The molecule has 2 aliphatic rings. The first-order chi connectivity index (χ1) is 15.5. The number of benzene rings is 1. The number of hydrogen-bond donors (Lipinski definition) is 1. The number of hydrogen-bond acceptors (Lipinski definition) is 6. The molecule has 1 atom stereocenters. The second kappa shape index (κ2) is 6.54. The first-order valence-electron chi connectivity index (χ1n) is 9.59. The van der Waals surface area contributed by atoms with Gasteiger partial charge in [-0.1, -0.05) is 17.7 Å². The van der Waals surface area contributed by atoms with Crippen molar-refractivity contribution in [2.75, 3.05) is 0 Å². The summed E-state index contributed by atoms with van der Waals surface area (Å²) in [7, 11) is 0. The number of aliphatic imine (C=N–C) groups is 1. The van der Waals surface area contributed by atoms with E-state index in [1.165, 1.54) is 12.3 Å². The molecule has 1 spiro atoms. The van der Waals surface area contributed by atoms with Crippen LogP contribution in [0.3, 0.4) is 0 Å². The van der Waals surface area contributed by atoms with Crippen molar-refractivity contribution in [1.82, 2.24) is 15.0 Å². The van der Waals surface area contributed by atoms with E-state index in [4.69, 9.17) is 27.1 Å². The maximum absolute atomic E-state index is 14.9.